The Labute approximate surface area is 110 Å². The Morgan fingerprint density at radius 3 is 2.58 bits per heavy atom. The molecule has 0 saturated heterocycles. The Morgan fingerprint density at radius 2 is 1.84 bits per heavy atom. The third kappa shape index (κ3) is 2.60. The van der Waals surface area contributed by atoms with Crippen LogP contribution in [-0.2, 0) is 7.05 Å². The van der Waals surface area contributed by atoms with Crippen molar-refractivity contribution in [1.29, 1.82) is 0 Å². The number of rotatable bonds is 3. The number of nitrogens with zero attached hydrogens (tertiary/aromatic N) is 4. The molecule has 5 nitrogen and oxygen atoms in total. The molecule has 2 heterocycles. The van der Waals surface area contributed by atoms with Crippen LogP contribution in [0.3, 0.4) is 0 Å². The molecule has 0 bridgehead atoms. The zero-order valence-electron chi connectivity index (χ0n) is 10.4. The van der Waals surface area contributed by atoms with Crippen LogP contribution in [0.4, 0.5) is 0 Å². The van der Waals surface area contributed by atoms with E-state index in [4.69, 9.17) is 4.74 Å². The molecule has 3 rings (SSSR count). The highest BCUT2D eigenvalue weighted by Gasteiger charge is 2.06. The smallest absolute Gasteiger partial charge is 0.222 e. The topological polar surface area (TPSA) is 52.8 Å². The van der Waals surface area contributed by atoms with Crippen LogP contribution in [0.1, 0.15) is 0 Å². The second kappa shape index (κ2) is 4.89. The Kier molecular flexibility index (Phi) is 2.94. The van der Waals surface area contributed by atoms with Crippen molar-refractivity contribution in [2.45, 2.75) is 0 Å². The highest BCUT2D eigenvalue weighted by atomic mass is 16.5. The van der Waals surface area contributed by atoms with Crippen LogP contribution in [0.15, 0.2) is 55.2 Å². The van der Waals surface area contributed by atoms with Crippen molar-refractivity contribution >= 4 is 0 Å². The number of hydrogen-bond donors (Lipinski definition) is 0. The molecule has 1 aromatic carbocycles. The van der Waals surface area contributed by atoms with Crippen LogP contribution in [0.5, 0.6) is 11.6 Å². The third-order valence-corrected chi connectivity index (χ3v) is 2.57. The number of ether oxygens (including phenoxy) is 1. The van der Waals surface area contributed by atoms with Gasteiger partial charge in [0.25, 0.3) is 0 Å². The molecule has 0 radical (unpaired) electrons. The molecular formula is C14H12N4O. The Bertz CT molecular complexity index is 679. The van der Waals surface area contributed by atoms with E-state index in [0.29, 0.717) is 5.88 Å². The SMILES string of the molecule is Cn1cnc(-c2cc(Oc3ccccc3)ncn2)c1. The molecule has 3 aromatic rings. The summed E-state index contributed by atoms with van der Waals surface area (Å²) >= 11 is 0. The summed E-state index contributed by atoms with van der Waals surface area (Å²) in [6.07, 6.45) is 5.10. The number of hydrogen-bond acceptors (Lipinski definition) is 4. The predicted molar refractivity (Wildman–Crippen MR) is 70.8 cm³/mol. The Hall–Kier alpha value is -2.69. The second-order valence-electron chi connectivity index (χ2n) is 4.08. The van der Waals surface area contributed by atoms with Crippen LogP contribution < -0.4 is 4.74 Å². The monoisotopic (exact) mass is 252 g/mol. The molecule has 0 aliphatic carbocycles. The summed E-state index contributed by atoms with van der Waals surface area (Å²) in [5, 5.41) is 0. The number of para-hydroxylation sites is 1. The van der Waals surface area contributed by atoms with E-state index in [9.17, 15) is 0 Å². The number of benzene rings is 1. The molecule has 0 saturated carbocycles. The van der Waals surface area contributed by atoms with Gasteiger partial charge in [0.1, 0.15) is 17.8 Å². The van der Waals surface area contributed by atoms with E-state index in [-0.39, 0.29) is 0 Å². The van der Waals surface area contributed by atoms with Gasteiger partial charge in [0.05, 0.1) is 12.0 Å². The van der Waals surface area contributed by atoms with Crippen LogP contribution in [0.2, 0.25) is 0 Å². The van der Waals surface area contributed by atoms with Gasteiger partial charge in [0, 0.05) is 19.3 Å². The molecule has 0 aliphatic rings. The first kappa shape index (κ1) is 11.4. The number of aryl methyl sites for hydroxylation is 1. The molecule has 0 N–H and O–H groups in total. The van der Waals surface area contributed by atoms with Gasteiger partial charge in [0.2, 0.25) is 5.88 Å². The van der Waals surface area contributed by atoms with E-state index < -0.39 is 0 Å². The maximum atomic E-state index is 5.66. The van der Waals surface area contributed by atoms with Crippen molar-refractivity contribution in [1.82, 2.24) is 19.5 Å². The van der Waals surface area contributed by atoms with Crippen LogP contribution in [0, 0.1) is 0 Å². The summed E-state index contributed by atoms with van der Waals surface area (Å²) in [5.74, 6) is 1.25. The first-order valence-electron chi connectivity index (χ1n) is 5.84. The van der Waals surface area contributed by atoms with E-state index in [0.717, 1.165) is 17.1 Å². The zero-order chi connectivity index (χ0) is 13.1. The molecule has 19 heavy (non-hydrogen) atoms. The summed E-state index contributed by atoms with van der Waals surface area (Å²) in [7, 11) is 1.92. The van der Waals surface area contributed by atoms with Gasteiger partial charge in [-0.3, -0.25) is 0 Å². The highest BCUT2D eigenvalue weighted by molar-refractivity contribution is 5.53. The quantitative estimate of drug-likeness (QED) is 0.719. The molecule has 0 spiro atoms. The van der Waals surface area contributed by atoms with Gasteiger partial charge in [-0.2, -0.15) is 0 Å². The average Bonchev–Trinajstić information content (AvgIpc) is 2.87. The van der Waals surface area contributed by atoms with E-state index in [1.807, 2.05) is 48.1 Å². The predicted octanol–water partition coefficient (Wildman–Crippen LogP) is 2.67. The van der Waals surface area contributed by atoms with Gasteiger partial charge in [-0.25, -0.2) is 15.0 Å². The van der Waals surface area contributed by atoms with E-state index in [2.05, 4.69) is 15.0 Å². The van der Waals surface area contributed by atoms with E-state index >= 15 is 0 Å². The first-order valence-corrected chi connectivity index (χ1v) is 5.84. The largest absolute Gasteiger partial charge is 0.439 e. The maximum absolute atomic E-state index is 5.66. The van der Waals surface area contributed by atoms with Gasteiger partial charge in [-0.1, -0.05) is 18.2 Å². The normalized spacial score (nSPS) is 10.4. The molecule has 0 fully saturated rings. The van der Waals surface area contributed by atoms with E-state index in [1.54, 1.807) is 12.4 Å². The van der Waals surface area contributed by atoms with Gasteiger partial charge < -0.3 is 9.30 Å². The average molecular weight is 252 g/mol. The number of aromatic nitrogens is 4. The minimum absolute atomic E-state index is 0.502. The molecule has 94 valence electrons. The lowest BCUT2D eigenvalue weighted by molar-refractivity contribution is 0.462. The molecular weight excluding hydrogens is 240 g/mol. The Morgan fingerprint density at radius 1 is 1.00 bits per heavy atom. The minimum Gasteiger partial charge on any atom is -0.439 e. The molecule has 5 heteroatoms. The highest BCUT2D eigenvalue weighted by Crippen LogP contribution is 2.22. The zero-order valence-corrected chi connectivity index (χ0v) is 10.4. The molecule has 0 amide bonds. The molecule has 0 unspecified atom stereocenters. The lowest BCUT2D eigenvalue weighted by Crippen LogP contribution is -1.91. The van der Waals surface area contributed by atoms with Crippen LogP contribution in [-0.4, -0.2) is 19.5 Å². The van der Waals surface area contributed by atoms with Crippen molar-refractivity contribution in [2.24, 2.45) is 7.05 Å². The fraction of sp³-hybridized carbons (Fsp3) is 0.0714. The van der Waals surface area contributed by atoms with Crippen molar-refractivity contribution in [2.75, 3.05) is 0 Å². The van der Waals surface area contributed by atoms with Gasteiger partial charge in [-0.05, 0) is 12.1 Å². The maximum Gasteiger partial charge on any atom is 0.222 e. The summed E-state index contributed by atoms with van der Waals surface area (Å²) in [4.78, 5) is 12.5. The summed E-state index contributed by atoms with van der Waals surface area (Å²) < 4.78 is 7.53. The van der Waals surface area contributed by atoms with Gasteiger partial charge in [0.15, 0.2) is 0 Å². The second-order valence-corrected chi connectivity index (χ2v) is 4.08. The molecule has 2 aromatic heterocycles. The first-order chi connectivity index (χ1) is 9.31. The van der Waals surface area contributed by atoms with E-state index in [1.165, 1.54) is 6.33 Å². The van der Waals surface area contributed by atoms with Crippen molar-refractivity contribution in [3.05, 3.63) is 55.2 Å². The Balaban J connectivity index is 1.88. The van der Waals surface area contributed by atoms with Crippen molar-refractivity contribution in [3.8, 4) is 23.0 Å². The lowest BCUT2D eigenvalue weighted by Gasteiger charge is -2.04. The third-order valence-electron chi connectivity index (χ3n) is 2.57. The van der Waals surface area contributed by atoms with Gasteiger partial charge >= 0.3 is 0 Å². The summed E-state index contributed by atoms with van der Waals surface area (Å²) in [5.41, 5.74) is 1.53. The standard InChI is InChI=1S/C14H12N4O/c1-18-8-13(17-10-18)12-7-14(16-9-15-12)19-11-5-3-2-4-6-11/h2-10H,1H3. The minimum atomic E-state index is 0.502. The summed E-state index contributed by atoms with van der Waals surface area (Å²) in [6.45, 7) is 0. The van der Waals surface area contributed by atoms with Crippen molar-refractivity contribution in [3.63, 3.8) is 0 Å². The van der Waals surface area contributed by atoms with Crippen LogP contribution in [0.25, 0.3) is 11.4 Å². The number of imidazole rings is 1. The van der Waals surface area contributed by atoms with Gasteiger partial charge in [-0.15, -0.1) is 0 Å². The fourth-order valence-corrected chi connectivity index (χ4v) is 1.69. The molecule has 0 aliphatic heterocycles. The van der Waals surface area contributed by atoms with Crippen molar-refractivity contribution < 1.29 is 4.74 Å². The summed E-state index contributed by atoms with van der Waals surface area (Å²) in [6, 6.07) is 11.3. The fourth-order valence-electron chi connectivity index (χ4n) is 1.69. The molecule has 0 atom stereocenters. The van der Waals surface area contributed by atoms with Crippen LogP contribution >= 0.6 is 0 Å². The lowest BCUT2D eigenvalue weighted by atomic mass is 10.3.